The number of benzene rings is 2. The van der Waals surface area contributed by atoms with E-state index in [2.05, 4.69) is 20.4 Å². The number of rotatable bonds is 7. The highest BCUT2D eigenvalue weighted by Crippen LogP contribution is 2.31. The third kappa shape index (κ3) is 5.32. The first-order valence-electron chi connectivity index (χ1n) is 11.9. The second-order valence-electron chi connectivity index (χ2n) is 8.91. The van der Waals surface area contributed by atoms with Gasteiger partial charge in [-0.3, -0.25) is 9.36 Å². The molecule has 0 radical (unpaired) electrons. The van der Waals surface area contributed by atoms with Crippen molar-refractivity contribution in [2.24, 2.45) is 4.99 Å². The van der Waals surface area contributed by atoms with Crippen LogP contribution in [-0.4, -0.2) is 32.1 Å². The van der Waals surface area contributed by atoms with Crippen LogP contribution in [0.4, 0.5) is 0 Å². The molecule has 2 aromatic carbocycles. The molecule has 0 bridgehead atoms. The molecule has 5 rings (SSSR count). The van der Waals surface area contributed by atoms with Crippen molar-refractivity contribution >= 4 is 35.0 Å². The molecular weight excluding hydrogens is 526 g/mol. The zero-order valence-corrected chi connectivity index (χ0v) is 22.4. The fraction of sp³-hybridized carbons (Fsp3) is 0.222. The number of aromatic amines is 1. The smallest absolute Gasteiger partial charge is 0.338 e. The van der Waals surface area contributed by atoms with E-state index >= 15 is 0 Å². The quantitative estimate of drug-likeness (QED) is 0.353. The highest BCUT2D eigenvalue weighted by molar-refractivity contribution is 7.07. The largest absolute Gasteiger partial charge is 0.487 e. The number of carbonyl (C=O) groups is 1. The number of aromatic nitrogens is 4. The lowest BCUT2D eigenvalue weighted by atomic mass is 9.96. The summed E-state index contributed by atoms with van der Waals surface area (Å²) in [5.41, 5.74) is 2.84. The summed E-state index contributed by atoms with van der Waals surface area (Å²) in [6.45, 7) is 5.62. The van der Waals surface area contributed by atoms with Gasteiger partial charge in [-0.15, -0.1) is 0 Å². The van der Waals surface area contributed by atoms with Gasteiger partial charge in [0.25, 0.3) is 5.56 Å². The van der Waals surface area contributed by atoms with E-state index in [0.29, 0.717) is 43.7 Å². The Kier molecular flexibility index (Phi) is 7.26. The molecule has 0 fully saturated rings. The molecule has 1 atom stereocenters. The predicted molar refractivity (Wildman–Crippen MR) is 144 cm³/mol. The van der Waals surface area contributed by atoms with Crippen LogP contribution in [0.15, 0.2) is 75.8 Å². The highest BCUT2D eigenvalue weighted by Gasteiger charge is 2.33. The Morgan fingerprint density at radius 3 is 2.58 bits per heavy atom. The molecule has 0 aliphatic carbocycles. The van der Waals surface area contributed by atoms with Crippen molar-refractivity contribution in [3.8, 4) is 5.75 Å². The molecule has 0 amide bonds. The maximum Gasteiger partial charge on any atom is 0.338 e. The second-order valence-corrected chi connectivity index (χ2v) is 10.4. The number of thiazole rings is 1. The summed E-state index contributed by atoms with van der Waals surface area (Å²) < 4.78 is 13.3. The van der Waals surface area contributed by atoms with Crippen molar-refractivity contribution in [1.29, 1.82) is 0 Å². The van der Waals surface area contributed by atoms with Crippen molar-refractivity contribution in [3.05, 3.63) is 108 Å². The zero-order chi connectivity index (χ0) is 26.8. The number of carbonyl (C=O) groups excluding carboxylic acids is 1. The topological polar surface area (TPSA) is 111 Å². The molecular formula is C27H24ClN5O4S. The molecule has 1 aliphatic rings. The van der Waals surface area contributed by atoms with Gasteiger partial charge in [-0.1, -0.05) is 47.2 Å². The molecule has 9 nitrogen and oxygen atoms in total. The zero-order valence-electron chi connectivity index (χ0n) is 20.8. The first-order chi connectivity index (χ1) is 18.3. The standard InChI is InChI=1S/C27H24ClN5O4S/c1-15(2)37-26(35)23-16(3)30-27-33(24(23)18-6-8-19(28)9-7-18)25(34)22(38-27)12-17-4-10-21(11-5-17)36-14-20-13-29-32-31-20/h4-13,15,24H,14H2,1-3H3,(H,29,31,32)/b22-12-. The van der Waals surface area contributed by atoms with E-state index in [1.807, 2.05) is 36.4 Å². The van der Waals surface area contributed by atoms with Crippen LogP contribution in [0.5, 0.6) is 5.75 Å². The third-order valence-electron chi connectivity index (χ3n) is 5.80. The van der Waals surface area contributed by atoms with Gasteiger partial charge in [-0.2, -0.15) is 15.4 Å². The maximum atomic E-state index is 13.7. The van der Waals surface area contributed by atoms with E-state index in [0.717, 1.165) is 11.1 Å². The summed E-state index contributed by atoms with van der Waals surface area (Å²) >= 11 is 7.39. The number of nitrogens with one attached hydrogen (secondary N) is 1. The fourth-order valence-electron chi connectivity index (χ4n) is 4.08. The molecule has 194 valence electrons. The van der Waals surface area contributed by atoms with Crippen LogP contribution in [0.1, 0.15) is 43.6 Å². The van der Waals surface area contributed by atoms with Gasteiger partial charge >= 0.3 is 5.97 Å². The van der Waals surface area contributed by atoms with Crippen molar-refractivity contribution in [3.63, 3.8) is 0 Å². The summed E-state index contributed by atoms with van der Waals surface area (Å²) in [7, 11) is 0. The average Bonchev–Trinajstić information content (AvgIpc) is 3.51. The number of esters is 1. The fourth-order valence-corrected chi connectivity index (χ4v) is 5.26. The summed E-state index contributed by atoms with van der Waals surface area (Å²) in [6, 6.07) is 13.8. The summed E-state index contributed by atoms with van der Waals surface area (Å²) in [4.78, 5) is 32.0. The minimum Gasteiger partial charge on any atom is -0.487 e. The Morgan fingerprint density at radius 1 is 1.18 bits per heavy atom. The lowest BCUT2D eigenvalue weighted by Gasteiger charge is -2.25. The van der Waals surface area contributed by atoms with Gasteiger partial charge < -0.3 is 9.47 Å². The molecule has 11 heteroatoms. The van der Waals surface area contributed by atoms with Gasteiger partial charge in [0.05, 0.1) is 34.1 Å². The van der Waals surface area contributed by atoms with E-state index in [1.165, 1.54) is 11.3 Å². The number of hydrogen-bond donors (Lipinski definition) is 1. The Bertz CT molecular complexity index is 1670. The van der Waals surface area contributed by atoms with Gasteiger partial charge in [-0.25, -0.2) is 9.79 Å². The molecule has 0 spiro atoms. The van der Waals surface area contributed by atoms with Crippen LogP contribution in [0, 0.1) is 0 Å². The van der Waals surface area contributed by atoms with Crippen molar-refractivity contribution < 1.29 is 14.3 Å². The van der Waals surface area contributed by atoms with E-state index in [1.54, 1.807) is 49.7 Å². The summed E-state index contributed by atoms with van der Waals surface area (Å²) in [6.07, 6.45) is 3.08. The predicted octanol–water partition coefficient (Wildman–Crippen LogP) is 3.54. The van der Waals surface area contributed by atoms with Crippen LogP contribution in [0.3, 0.4) is 0 Å². The molecule has 3 heterocycles. The molecule has 38 heavy (non-hydrogen) atoms. The lowest BCUT2D eigenvalue weighted by molar-refractivity contribution is -0.143. The van der Waals surface area contributed by atoms with Gasteiger partial charge in [0, 0.05) is 5.02 Å². The Balaban J connectivity index is 1.53. The van der Waals surface area contributed by atoms with Gasteiger partial charge in [0.15, 0.2) is 4.80 Å². The van der Waals surface area contributed by atoms with Crippen LogP contribution < -0.4 is 19.6 Å². The maximum absolute atomic E-state index is 13.7. The summed E-state index contributed by atoms with van der Waals surface area (Å²) in [5, 5.41) is 10.8. The molecule has 1 aliphatic heterocycles. The molecule has 1 unspecified atom stereocenters. The molecule has 2 aromatic heterocycles. The van der Waals surface area contributed by atoms with Crippen LogP contribution in [0.25, 0.3) is 6.08 Å². The highest BCUT2D eigenvalue weighted by atomic mass is 35.5. The summed E-state index contributed by atoms with van der Waals surface area (Å²) in [5.74, 6) is 0.162. The molecule has 1 N–H and O–H groups in total. The Labute approximate surface area is 226 Å². The Morgan fingerprint density at radius 2 is 1.92 bits per heavy atom. The number of H-pyrrole nitrogens is 1. The number of ether oxygens (including phenoxy) is 2. The van der Waals surface area contributed by atoms with Gasteiger partial charge in [0.1, 0.15) is 18.1 Å². The molecule has 4 aromatic rings. The van der Waals surface area contributed by atoms with Crippen LogP contribution in [0.2, 0.25) is 5.02 Å². The molecule has 0 saturated carbocycles. The number of allylic oxidation sites excluding steroid dienone is 1. The minimum absolute atomic E-state index is 0.248. The van der Waals surface area contributed by atoms with E-state index in [-0.39, 0.29) is 11.7 Å². The number of fused-ring (bicyclic) bond motifs is 1. The first kappa shape index (κ1) is 25.6. The van der Waals surface area contributed by atoms with Crippen molar-refractivity contribution in [1.82, 2.24) is 20.0 Å². The van der Waals surface area contributed by atoms with Crippen LogP contribution >= 0.6 is 22.9 Å². The number of halogens is 1. The normalized spacial score (nSPS) is 15.4. The van der Waals surface area contributed by atoms with Crippen LogP contribution in [-0.2, 0) is 16.1 Å². The lowest BCUT2D eigenvalue weighted by Crippen LogP contribution is -2.40. The monoisotopic (exact) mass is 549 g/mol. The number of nitrogens with zero attached hydrogens (tertiary/aromatic N) is 4. The SMILES string of the molecule is CC1=C(C(=O)OC(C)C)C(c2ccc(Cl)cc2)n2c(s/c(=C\c3ccc(OCc4cn[nH]n4)cc3)c2=O)=N1. The second kappa shape index (κ2) is 10.8. The van der Waals surface area contributed by atoms with Crippen molar-refractivity contribution in [2.45, 2.75) is 39.5 Å². The van der Waals surface area contributed by atoms with E-state index in [9.17, 15) is 9.59 Å². The van der Waals surface area contributed by atoms with E-state index < -0.39 is 12.0 Å². The minimum atomic E-state index is -0.691. The first-order valence-corrected chi connectivity index (χ1v) is 13.1. The van der Waals surface area contributed by atoms with Gasteiger partial charge in [-0.05, 0) is 62.2 Å². The molecule has 0 saturated heterocycles. The van der Waals surface area contributed by atoms with E-state index in [4.69, 9.17) is 21.1 Å². The third-order valence-corrected chi connectivity index (χ3v) is 7.03. The number of hydrogen-bond acceptors (Lipinski definition) is 8. The average molecular weight is 550 g/mol. The Hall–Kier alpha value is -4.02. The van der Waals surface area contributed by atoms with Gasteiger partial charge in [0.2, 0.25) is 0 Å². The van der Waals surface area contributed by atoms with Crippen molar-refractivity contribution in [2.75, 3.05) is 0 Å².